The SMILES string of the molecule is NC(CC(=O)O)c1ccc2oc(C(=O)c3ccc(F)cc3)cc2c1. The molecule has 0 bridgehead atoms. The number of carbonyl (C=O) groups excluding carboxylic acids is 1. The highest BCUT2D eigenvalue weighted by atomic mass is 19.1. The monoisotopic (exact) mass is 327 g/mol. The number of nitrogens with two attached hydrogens (primary N) is 1. The van der Waals surface area contributed by atoms with Gasteiger partial charge in [0.1, 0.15) is 11.4 Å². The van der Waals surface area contributed by atoms with Gasteiger partial charge in [0.15, 0.2) is 5.76 Å². The zero-order chi connectivity index (χ0) is 17.3. The molecule has 0 saturated heterocycles. The molecule has 3 N–H and O–H groups in total. The first-order valence-corrected chi connectivity index (χ1v) is 7.25. The molecule has 0 amide bonds. The summed E-state index contributed by atoms with van der Waals surface area (Å²) in [4.78, 5) is 23.1. The fourth-order valence-electron chi connectivity index (χ4n) is 2.45. The maximum absolute atomic E-state index is 12.9. The van der Waals surface area contributed by atoms with Crippen LogP contribution in [-0.2, 0) is 4.79 Å². The van der Waals surface area contributed by atoms with Gasteiger partial charge in [-0.05, 0) is 48.0 Å². The zero-order valence-electron chi connectivity index (χ0n) is 12.5. The second-order valence-electron chi connectivity index (χ2n) is 5.45. The maximum atomic E-state index is 12.9. The third-order valence-electron chi connectivity index (χ3n) is 3.69. The highest BCUT2D eigenvalue weighted by molar-refractivity contribution is 6.09. The number of ketones is 1. The van der Waals surface area contributed by atoms with E-state index in [1.807, 2.05) is 0 Å². The van der Waals surface area contributed by atoms with Gasteiger partial charge in [0.05, 0.1) is 6.42 Å². The second-order valence-corrected chi connectivity index (χ2v) is 5.45. The molecule has 2 aromatic carbocycles. The van der Waals surface area contributed by atoms with Gasteiger partial charge in [-0.15, -0.1) is 0 Å². The first-order valence-electron chi connectivity index (χ1n) is 7.25. The van der Waals surface area contributed by atoms with Crippen LogP contribution in [0.3, 0.4) is 0 Å². The average Bonchev–Trinajstić information content (AvgIpc) is 2.97. The lowest BCUT2D eigenvalue weighted by Gasteiger charge is -2.08. The van der Waals surface area contributed by atoms with Gasteiger partial charge in [-0.25, -0.2) is 4.39 Å². The lowest BCUT2D eigenvalue weighted by molar-refractivity contribution is -0.137. The number of rotatable bonds is 5. The molecule has 0 spiro atoms. The molecule has 1 unspecified atom stereocenters. The molecule has 122 valence electrons. The van der Waals surface area contributed by atoms with Crippen LogP contribution >= 0.6 is 0 Å². The Morgan fingerprint density at radius 3 is 2.50 bits per heavy atom. The predicted octanol–water partition coefficient (Wildman–Crippen LogP) is 3.28. The minimum atomic E-state index is -0.984. The topological polar surface area (TPSA) is 93.5 Å². The van der Waals surface area contributed by atoms with Crippen LogP contribution < -0.4 is 5.73 Å². The largest absolute Gasteiger partial charge is 0.481 e. The molecular formula is C18H14FNO4. The quantitative estimate of drug-likeness (QED) is 0.701. The molecule has 0 saturated carbocycles. The number of carbonyl (C=O) groups is 2. The van der Waals surface area contributed by atoms with Crippen molar-refractivity contribution in [3.8, 4) is 0 Å². The van der Waals surface area contributed by atoms with Gasteiger partial charge in [0, 0.05) is 17.0 Å². The van der Waals surface area contributed by atoms with E-state index in [1.54, 1.807) is 24.3 Å². The van der Waals surface area contributed by atoms with E-state index in [2.05, 4.69) is 0 Å². The van der Waals surface area contributed by atoms with E-state index in [-0.39, 0.29) is 18.0 Å². The van der Waals surface area contributed by atoms with Gasteiger partial charge in [-0.3, -0.25) is 9.59 Å². The van der Waals surface area contributed by atoms with E-state index in [0.717, 1.165) is 0 Å². The van der Waals surface area contributed by atoms with E-state index >= 15 is 0 Å². The van der Waals surface area contributed by atoms with Crippen LogP contribution in [0, 0.1) is 5.82 Å². The molecule has 3 aromatic rings. The Hall–Kier alpha value is -2.99. The van der Waals surface area contributed by atoms with E-state index in [0.29, 0.717) is 22.1 Å². The molecule has 0 radical (unpaired) electrons. The number of aliphatic carboxylic acids is 1. The average molecular weight is 327 g/mol. The highest BCUT2D eigenvalue weighted by Crippen LogP contribution is 2.25. The van der Waals surface area contributed by atoms with Crippen molar-refractivity contribution in [2.45, 2.75) is 12.5 Å². The Labute approximate surface area is 136 Å². The number of carboxylic acids is 1. The van der Waals surface area contributed by atoms with E-state index in [9.17, 15) is 14.0 Å². The van der Waals surface area contributed by atoms with Crippen LogP contribution in [-0.4, -0.2) is 16.9 Å². The molecule has 0 aliphatic rings. The van der Waals surface area contributed by atoms with Gasteiger partial charge < -0.3 is 15.3 Å². The first kappa shape index (κ1) is 15.9. The molecule has 6 heteroatoms. The standard InChI is InChI=1S/C18H14FNO4/c19-13-4-1-10(2-5-13)18(23)16-8-12-7-11(3-6-15(12)24-16)14(20)9-17(21)22/h1-8,14H,9,20H2,(H,21,22). The smallest absolute Gasteiger partial charge is 0.305 e. The number of furan rings is 1. The van der Waals surface area contributed by atoms with Crippen LogP contribution in [0.2, 0.25) is 0 Å². The summed E-state index contributed by atoms with van der Waals surface area (Å²) in [6, 6.07) is 11.1. The number of hydrogen-bond acceptors (Lipinski definition) is 4. The fraction of sp³-hybridized carbons (Fsp3) is 0.111. The van der Waals surface area contributed by atoms with Crippen molar-refractivity contribution in [3.63, 3.8) is 0 Å². The van der Waals surface area contributed by atoms with Gasteiger partial charge in [-0.1, -0.05) is 6.07 Å². The maximum Gasteiger partial charge on any atom is 0.305 e. The fourth-order valence-corrected chi connectivity index (χ4v) is 2.45. The molecule has 1 aromatic heterocycles. The number of hydrogen-bond donors (Lipinski definition) is 2. The Morgan fingerprint density at radius 2 is 1.83 bits per heavy atom. The highest BCUT2D eigenvalue weighted by Gasteiger charge is 2.16. The zero-order valence-corrected chi connectivity index (χ0v) is 12.5. The number of benzene rings is 2. The summed E-state index contributed by atoms with van der Waals surface area (Å²) in [5, 5.41) is 9.46. The van der Waals surface area contributed by atoms with Gasteiger partial charge in [-0.2, -0.15) is 0 Å². The normalized spacial score (nSPS) is 12.2. The van der Waals surface area contributed by atoms with Crippen LogP contribution in [0.25, 0.3) is 11.0 Å². The van der Waals surface area contributed by atoms with Crippen molar-refractivity contribution in [1.29, 1.82) is 0 Å². The molecule has 0 aliphatic carbocycles. The number of carboxylic acid groups (broad SMARTS) is 1. The van der Waals surface area contributed by atoms with Crippen molar-refractivity contribution in [3.05, 3.63) is 71.2 Å². The molecule has 3 rings (SSSR count). The lowest BCUT2D eigenvalue weighted by atomic mass is 10.0. The number of fused-ring (bicyclic) bond motifs is 1. The Kier molecular flexibility index (Phi) is 4.14. The van der Waals surface area contributed by atoms with Crippen LogP contribution in [0.1, 0.15) is 34.1 Å². The molecule has 1 atom stereocenters. The van der Waals surface area contributed by atoms with Gasteiger partial charge in [0.2, 0.25) is 5.78 Å². The molecule has 0 aliphatic heterocycles. The van der Waals surface area contributed by atoms with Crippen molar-refractivity contribution in [2.75, 3.05) is 0 Å². The van der Waals surface area contributed by atoms with Crippen LogP contribution in [0.5, 0.6) is 0 Å². The first-order chi connectivity index (χ1) is 11.4. The summed E-state index contributed by atoms with van der Waals surface area (Å²) in [6.45, 7) is 0. The minimum Gasteiger partial charge on any atom is -0.481 e. The van der Waals surface area contributed by atoms with Crippen LogP contribution in [0.15, 0.2) is 52.9 Å². The van der Waals surface area contributed by atoms with E-state index < -0.39 is 17.8 Å². The Balaban J connectivity index is 1.92. The third kappa shape index (κ3) is 3.18. The lowest BCUT2D eigenvalue weighted by Crippen LogP contribution is -2.14. The summed E-state index contributed by atoms with van der Waals surface area (Å²) >= 11 is 0. The van der Waals surface area contributed by atoms with Crippen molar-refractivity contribution >= 4 is 22.7 Å². The van der Waals surface area contributed by atoms with Gasteiger partial charge in [0.25, 0.3) is 0 Å². The molecule has 24 heavy (non-hydrogen) atoms. The molecule has 0 fully saturated rings. The number of halogens is 1. The second kappa shape index (κ2) is 6.25. The van der Waals surface area contributed by atoms with Crippen molar-refractivity contribution in [2.24, 2.45) is 5.73 Å². The predicted molar refractivity (Wildman–Crippen MR) is 85.2 cm³/mol. The van der Waals surface area contributed by atoms with E-state index in [4.69, 9.17) is 15.3 Å². The summed E-state index contributed by atoms with van der Waals surface area (Å²) < 4.78 is 18.5. The van der Waals surface area contributed by atoms with Crippen LogP contribution in [0.4, 0.5) is 4.39 Å². The Bertz CT molecular complexity index is 914. The molecule has 5 nitrogen and oxygen atoms in total. The summed E-state index contributed by atoms with van der Waals surface area (Å²) in [6.07, 6.45) is -0.190. The van der Waals surface area contributed by atoms with Gasteiger partial charge >= 0.3 is 5.97 Å². The summed E-state index contributed by atoms with van der Waals surface area (Å²) in [5.74, 6) is -1.64. The minimum absolute atomic E-state index is 0.126. The van der Waals surface area contributed by atoms with Crippen molar-refractivity contribution < 1.29 is 23.5 Å². The molecular weight excluding hydrogens is 313 g/mol. The third-order valence-corrected chi connectivity index (χ3v) is 3.69. The Morgan fingerprint density at radius 1 is 1.12 bits per heavy atom. The van der Waals surface area contributed by atoms with Crippen molar-refractivity contribution in [1.82, 2.24) is 0 Å². The summed E-state index contributed by atoms with van der Waals surface area (Å²) in [7, 11) is 0. The molecule has 1 heterocycles. The van der Waals surface area contributed by atoms with E-state index in [1.165, 1.54) is 24.3 Å². The summed E-state index contributed by atoms with van der Waals surface area (Å²) in [5.41, 5.74) is 7.30.